The van der Waals surface area contributed by atoms with Gasteiger partial charge in [-0.2, -0.15) is 0 Å². The monoisotopic (exact) mass is 322 g/mol. The summed E-state index contributed by atoms with van der Waals surface area (Å²) in [6.07, 6.45) is 6.06. The number of para-hydroxylation sites is 1. The maximum atomic E-state index is 5.39. The third-order valence-corrected chi connectivity index (χ3v) is 6.55. The van der Waals surface area contributed by atoms with Gasteiger partial charge in [0.15, 0.2) is 0 Å². The van der Waals surface area contributed by atoms with Crippen molar-refractivity contribution in [3.63, 3.8) is 0 Å². The van der Waals surface area contributed by atoms with Gasteiger partial charge in [-0.1, -0.05) is 36.8 Å². The molecule has 0 amide bonds. The molecule has 2 aromatic rings. The second kappa shape index (κ2) is 5.21. The number of H-pyrrole nitrogens is 1. The average Bonchev–Trinajstić information content (AvgIpc) is 2.93. The summed E-state index contributed by atoms with van der Waals surface area (Å²) in [5, 5.41) is 1.43. The van der Waals surface area contributed by atoms with Crippen LogP contribution in [0.4, 0.5) is 0 Å². The Bertz CT molecular complexity index is 820. The van der Waals surface area contributed by atoms with Crippen molar-refractivity contribution < 1.29 is 4.74 Å². The zero-order chi connectivity index (χ0) is 16.3. The van der Waals surface area contributed by atoms with Crippen LogP contribution in [-0.2, 0) is 16.6 Å². The van der Waals surface area contributed by atoms with E-state index in [1.807, 2.05) is 7.11 Å². The highest BCUT2D eigenvalue weighted by atomic mass is 16.5. The number of piperidine rings is 1. The quantitative estimate of drug-likeness (QED) is 0.874. The lowest BCUT2D eigenvalue weighted by Gasteiger charge is -2.54. The molecule has 3 aliphatic heterocycles. The van der Waals surface area contributed by atoms with E-state index in [0.29, 0.717) is 12.0 Å². The van der Waals surface area contributed by atoms with Gasteiger partial charge in [0.05, 0.1) is 0 Å². The van der Waals surface area contributed by atoms with Crippen LogP contribution in [0.1, 0.15) is 31.0 Å². The van der Waals surface area contributed by atoms with Crippen LogP contribution in [0, 0.1) is 5.92 Å². The Labute approximate surface area is 143 Å². The van der Waals surface area contributed by atoms with Crippen LogP contribution in [0.25, 0.3) is 10.9 Å². The highest BCUT2D eigenvalue weighted by Crippen LogP contribution is 2.52. The van der Waals surface area contributed by atoms with Gasteiger partial charge in [-0.25, -0.2) is 0 Å². The molecule has 4 atom stereocenters. The van der Waals surface area contributed by atoms with Crippen LogP contribution < -0.4 is 0 Å². The molecule has 1 aromatic heterocycles. The van der Waals surface area contributed by atoms with E-state index in [-0.39, 0.29) is 5.41 Å². The first-order valence-corrected chi connectivity index (χ1v) is 9.24. The molecule has 4 heterocycles. The van der Waals surface area contributed by atoms with Crippen LogP contribution in [0.3, 0.4) is 0 Å². The minimum atomic E-state index is 0.200. The van der Waals surface area contributed by atoms with Crippen molar-refractivity contribution in [3.05, 3.63) is 47.2 Å². The lowest BCUT2D eigenvalue weighted by molar-refractivity contribution is 0.0581. The molecule has 3 heteroatoms. The van der Waals surface area contributed by atoms with Gasteiger partial charge in [-0.15, -0.1) is 0 Å². The molecule has 4 bridgehead atoms. The molecule has 1 saturated heterocycles. The van der Waals surface area contributed by atoms with Crippen LogP contribution >= 0.6 is 0 Å². The number of aromatic amines is 1. The fraction of sp³-hybridized carbons (Fsp3) is 0.524. The van der Waals surface area contributed by atoms with Gasteiger partial charge in [-0.3, -0.25) is 4.90 Å². The first-order chi connectivity index (χ1) is 11.7. The molecule has 1 aliphatic carbocycles. The van der Waals surface area contributed by atoms with Crippen molar-refractivity contribution in [2.45, 2.75) is 37.6 Å². The summed E-state index contributed by atoms with van der Waals surface area (Å²) in [4.78, 5) is 6.58. The van der Waals surface area contributed by atoms with Gasteiger partial charge >= 0.3 is 0 Å². The molecule has 4 aliphatic rings. The summed E-state index contributed by atoms with van der Waals surface area (Å²) in [6.45, 7) is 5.74. The SMILES string of the molecule is COCCC1=CC2CN3CCc4c([nH]c5ccccc45)[C@@](C)(C2)C13. The van der Waals surface area contributed by atoms with Gasteiger partial charge < -0.3 is 9.72 Å². The number of hydrogen-bond donors (Lipinski definition) is 1. The summed E-state index contributed by atoms with van der Waals surface area (Å²) in [5.41, 5.74) is 6.18. The predicted octanol–water partition coefficient (Wildman–Crippen LogP) is 3.65. The predicted molar refractivity (Wildman–Crippen MR) is 97.4 cm³/mol. The largest absolute Gasteiger partial charge is 0.384 e. The van der Waals surface area contributed by atoms with E-state index in [0.717, 1.165) is 19.4 Å². The highest BCUT2D eigenvalue weighted by molar-refractivity contribution is 5.85. The first-order valence-electron chi connectivity index (χ1n) is 9.24. The van der Waals surface area contributed by atoms with Crippen molar-refractivity contribution in [1.82, 2.24) is 9.88 Å². The zero-order valence-corrected chi connectivity index (χ0v) is 14.6. The molecule has 24 heavy (non-hydrogen) atoms. The molecule has 3 nitrogen and oxygen atoms in total. The van der Waals surface area contributed by atoms with Gasteiger partial charge in [0, 0.05) is 54.9 Å². The van der Waals surface area contributed by atoms with Crippen LogP contribution in [0.2, 0.25) is 0 Å². The Balaban J connectivity index is 1.67. The number of hydrogen-bond acceptors (Lipinski definition) is 2. The molecule has 6 rings (SSSR count). The van der Waals surface area contributed by atoms with E-state index in [4.69, 9.17) is 4.74 Å². The molecule has 1 aromatic carbocycles. The van der Waals surface area contributed by atoms with Crippen LogP contribution in [-0.4, -0.2) is 42.7 Å². The van der Waals surface area contributed by atoms with Gasteiger partial charge in [0.1, 0.15) is 0 Å². The lowest BCUT2D eigenvalue weighted by atomic mass is 9.62. The number of fused-ring (bicyclic) bond motifs is 3. The molecule has 0 radical (unpaired) electrons. The van der Waals surface area contributed by atoms with E-state index in [1.54, 1.807) is 11.1 Å². The fourth-order valence-electron chi connectivity index (χ4n) is 5.78. The van der Waals surface area contributed by atoms with Crippen molar-refractivity contribution >= 4 is 10.9 Å². The summed E-state index contributed by atoms with van der Waals surface area (Å²) < 4.78 is 5.39. The average molecular weight is 322 g/mol. The number of ether oxygens (including phenoxy) is 1. The Morgan fingerprint density at radius 2 is 2.21 bits per heavy atom. The van der Waals surface area contributed by atoms with Gasteiger partial charge in [-0.05, 0) is 36.8 Å². The Morgan fingerprint density at radius 3 is 3.08 bits per heavy atom. The third kappa shape index (κ3) is 1.91. The second-order valence-corrected chi connectivity index (χ2v) is 8.04. The molecule has 1 fully saturated rings. The topological polar surface area (TPSA) is 28.3 Å². The van der Waals surface area contributed by atoms with Crippen LogP contribution in [0.5, 0.6) is 0 Å². The normalized spacial score (nSPS) is 34.1. The smallest absolute Gasteiger partial charge is 0.0500 e. The van der Waals surface area contributed by atoms with Crippen molar-refractivity contribution in [2.24, 2.45) is 5.92 Å². The number of methoxy groups -OCH3 is 1. The highest BCUT2D eigenvalue weighted by Gasteiger charge is 2.52. The molecule has 126 valence electrons. The summed E-state index contributed by atoms with van der Waals surface area (Å²) >= 11 is 0. The molecular weight excluding hydrogens is 296 g/mol. The fourth-order valence-corrected chi connectivity index (χ4v) is 5.78. The van der Waals surface area contributed by atoms with E-state index < -0.39 is 0 Å². The van der Waals surface area contributed by atoms with E-state index in [9.17, 15) is 0 Å². The van der Waals surface area contributed by atoms with Crippen molar-refractivity contribution in [1.29, 1.82) is 0 Å². The number of nitrogens with zero attached hydrogens (tertiary/aromatic N) is 1. The lowest BCUT2D eigenvalue weighted by Crippen LogP contribution is -2.59. The number of benzene rings is 1. The number of nitrogens with one attached hydrogen (secondary N) is 1. The molecule has 3 unspecified atom stereocenters. The van der Waals surface area contributed by atoms with Crippen molar-refractivity contribution in [3.8, 4) is 0 Å². The minimum Gasteiger partial charge on any atom is -0.384 e. The van der Waals surface area contributed by atoms with Crippen LogP contribution in [0.15, 0.2) is 35.9 Å². The molecule has 1 N–H and O–H groups in total. The summed E-state index contributed by atoms with van der Waals surface area (Å²) in [6, 6.07) is 9.37. The first kappa shape index (κ1) is 14.7. The Kier molecular flexibility index (Phi) is 3.20. The van der Waals surface area contributed by atoms with Gasteiger partial charge in [0.2, 0.25) is 0 Å². The number of rotatable bonds is 3. The second-order valence-electron chi connectivity index (χ2n) is 8.04. The van der Waals surface area contributed by atoms with E-state index in [2.05, 4.69) is 47.1 Å². The number of aromatic nitrogens is 1. The minimum absolute atomic E-state index is 0.200. The zero-order valence-electron chi connectivity index (χ0n) is 14.6. The van der Waals surface area contributed by atoms with Crippen molar-refractivity contribution in [2.75, 3.05) is 26.8 Å². The molecular formula is C21H26N2O. The standard InChI is InChI=1S/C21H26N2O/c1-21-12-14-11-15(8-10-24-2)20(21)23(13-14)9-7-17-16-5-3-4-6-18(16)22-19(17)21/h3-6,11,14,20,22H,7-10,12-13H2,1-2H3/t14?,20?,21-/m1/s1. The summed E-state index contributed by atoms with van der Waals surface area (Å²) in [5.74, 6) is 0.684. The maximum Gasteiger partial charge on any atom is 0.0500 e. The van der Waals surface area contributed by atoms with Gasteiger partial charge in [0.25, 0.3) is 0 Å². The molecule has 0 saturated carbocycles. The molecule has 0 spiro atoms. The van der Waals surface area contributed by atoms with E-state index >= 15 is 0 Å². The van der Waals surface area contributed by atoms with E-state index in [1.165, 1.54) is 36.1 Å². The Morgan fingerprint density at radius 1 is 1.33 bits per heavy atom. The maximum absolute atomic E-state index is 5.39. The Hall–Kier alpha value is -1.58. The third-order valence-electron chi connectivity index (χ3n) is 6.55. The summed E-state index contributed by atoms with van der Waals surface area (Å²) in [7, 11) is 1.81.